The molecule has 2 aromatic carbocycles. The number of carbonyl (C=O) groups is 2. The van der Waals surface area contributed by atoms with E-state index in [0.717, 1.165) is 42.6 Å². The number of nitrogens with zero attached hydrogens (tertiary/aromatic N) is 2. The molecule has 0 atom stereocenters. The molecule has 2 aromatic rings. The number of imide groups is 1. The van der Waals surface area contributed by atoms with Crippen molar-refractivity contribution in [1.82, 2.24) is 4.90 Å². The van der Waals surface area contributed by atoms with Gasteiger partial charge in [-0.15, -0.1) is 0 Å². The maximum Gasteiger partial charge on any atom is 0.282 e. The Kier molecular flexibility index (Phi) is 5.14. The van der Waals surface area contributed by atoms with Gasteiger partial charge < -0.3 is 9.64 Å². The highest BCUT2D eigenvalue weighted by molar-refractivity contribution is 6.45. The first-order valence-electron chi connectivity index (χ1n) is 10.2. The van der Waals surface area contributed by atoms with Crippen molar-refractivity contribution in [3.8, 4) is 5.75 Å². The summed E-state index contributed by atoms with van der Waals surface area (Å²) < 4.78 is 5.71. The fraction of sp³-hybridized carbons (Fsp3) is 0.333. The van der Waals surface area contributed by atoms with Crippen LogP contribution in [0.15, 0.2) is 48.2 Å². The van der Waals surface area contributed by atoms with Crippen LogP contribution in [0.2, 0.25) is 0 Å². The van der Waals surface area contributed by atoms with Crippen LogP contribution in [0.4, 0.5) is 5.69 Å². The van der Waals surface area contributed by atoms with Crippen molar-refractivity contribution in [3.05, 3.63) is 64.9 Å². The summed E-state index contributed by atoms with van der Waals surface area (Å²) in [5.41, 5.74) is 4.47. The van der Waals surface area contributed by atoms with Crippen molar-refractivity contribution in [3.63, 3.8) is 0 Å². The molecule has 5 heteroatoms. The predicted molar refractivity (Wildman–Crippen MR) is 114 cm³/mol. The number of hydrogen-bond acceptors (Lipinski definition) is 4. The first kappa shape index (κ1) is 19.2. The minimum absolute atomic E-state index is 0.265. The van der Waals surface area contributed by atoms with Gasteiger partial charge in [0.05, 0.1) is 17.9 Å². The van der Waals surface area contributed by atoms with Gasteiger partial charge in [-0.05, 0) is 56.9 Å². The lowest BCUT2D eigenvalue weighted by molar-refractivity contribution is -0.120. The zero-order valence-corrected chi connectivity index (χ0v) is 17.2. The van der Waals surface area contributed by atoms with Crippen LogP contribution in [-0.4, -0.2) is 36.4 Å². The Morgan fingerprint density at radius 1 is 0.966 bits per heavy atom. The number of carbonyl (C=O) groups excluding carboxylic acids is 2. The van der Waals surface area contributed by atoms with Crippen LogP contribution in [0.1, 0.15) is 36.5 Å². The molecule has 1 saturated heterocycles. The van der Waals surface area contributed by atoms with E-state index < -0.39 is 0 Å². The topological polar surface area (TPSA) is 49.9 Å². The second-order valence-corrected chi connectivity index (χ2v) is 7.58. The third-order valence-corrected chi connectivity index (χ3v) is 5.54. The number of likely N-dealkylation sites (tertiary alicyclic amines) is 1. The van der Waals surface area contributed by atoms with Gasteiger partial charge in [-0.1, -0.05) is 35.9 Å². The van der Waals surface area contributed by atoms with E-state index in [1.807, 2.05) is 45.0 Å². The molecule has 0 unspecified atom stereocenters. The van der Waals surface area contributed by atoms with Crippen LogP contribution in [0.3, 0.4) is 0 Å². The highest BCUT2D eigenvalue weighted by Gasteiger charge is 2.44. The van der Waals surface area contributed by atoms with Gasteiger partial charge in [0.2, 0.25) is 0 Å². The molecule has 5 nitrogen and oxygen atoms in total. The lowest BCUT2D eigenvalue weighted by atomic mass is 9.97. The van der Waals surface area contributed by atoms with E-state index in [9.17, 15) is 9.59 Å². The molecule has 1 fully saturated rings. The Hall–Kier alpha value is -3.08. The SMILES string of the molecule is CCOc1ccccc1N1C(=O)C(c2ccc(C)cc2C)=C(N2CCCC2)C1=O. The minimum Gasteiger partial charge on any atom is -0.492 e. The van der Waals surface area contributed by atoms with Gasteiger partial charge >= 0.3 is 0 Å². The monoisotopic (exact) mass is 390 g/mol. The van der Waals surface area contributed by atoms with E-state index in [1.54, 1.807) is 12.1 Å². The normalized spacial score (nSPS) is 16.9. The number of rotatable bonds is 5. The molecule has 0 bridgehead atoms. The Morgan fingerprint density at radius 2 is 1.69 bits per heavy atom. The lowest BCUT2D eigenvalue weighted by Gasteiger charge is -2.21. The summed E-state index contributed by atoms with van der Waals surface area (Å²) in [6.07, 6.45) is 2.06. The highest BCUT2D eigenvalue weighted by Crippen LogP contribution is 2.40. The highest BCUT2D eigenvalue weighted by atomic mass is 16.5. The van der Waals surface area contributed by atoms with Crippen LogP contribution in [0.5, 0.6) is 5.75 Å². The maximum absolute atomic E-state index is 13.6. The Labute approximate surface area is 171 Å². The summed E-state index contributed by atoms with van der Waals surface area (Å²) in [6, 6.07) is 13.2. The molecule has 4 rings (SSSR count). The molecule has 150 valence electrons. The van der Waals surface area contributed by atoms with E-state index in [2.05, 4.69) is 11.0 Å². The summed E-state index contributed by atoms with van der Waals surface area (Å²) in [5.74, 6) is -0.00520. The van der Waals surface area contributed by atoms with E-state index in [1.165, 1.54) is 4.90 Å². The van der Waals surface area contributed by atoms with Gasteiger partial charge in [0.25, 0.3) is 11.8 Å². The number of para-hydroxylation sites is 2. The summed E-state index contributed by atoms with van der Waals surface area (Å²) in [6.45, 7) is 7.96. The van der Waals surface area contributed by atoms with Gasteiger partial charge in [0.1, 0.15) is 11.4 Å². The lowest BCUT2D eigenvalue weighted by Crippen LogP contribution is -2.34. The molecule has 29 heavy (non-hydrogen) atoms. The van der Waals surface area contributed by atoms with E-state index in [4.69, 9.17) is 4.74 Å². The van der Waals surface area contributed by atoms with Gasteiger partial charge in [0, 0.05) is 13.1 Å². The fourth-order valence-electron chi connectivity index (χ4n) is 4.23. The van der Waals surface area contributed by atoms with E-state index in [0.29, 0.717) is 29.3 Å². The molecule has 2 heterocycles. The number of ether oxygens (including phenoxy) is 1. The smallest absolute Gasteiger partial charge is 0.282 e. The average molecular weight is 390 g/mol. The van der Waals surface area contributed by atoms with Crippen LogP contribution in [-0.2, 0) is 9.59 Å². The minimum atomic E-state index is -0.281. The second-order valence-electron chi connectivity index (χ2n) is 7.58. The van der Waals surface area contributed by atoms with Gasteiger partial charge in [-0.25, -0.2) is 4.90 Å². The molecule has 0 N–H and O–H groups in total. The van der Waals surface area contributed by atoms with Gasteiger partial charge in [0.15, 0.2) is 0 Å². The van der Waals surface area contributed by atoms with Crippen molar-refractivity contribution in [2.45, 2.75) is 33.6 Å². The first-order chi connectivity index (χ1) is 14.0. The number of benzene rings is 2. The Morgan fingerprint density at radius 3 is 2.38 bits per heavy atom. The quantitative estimate of drug-likeness (QED) is 0.722. The molecule has 2 aliphatic heterocycles. The van der Waals surface area contributed by atoms with Crippen LogP contribution < -0.4 is 9.64 Å². The number of hydrogen-bond donors (Lipinski definition) is 0. The standard InChI is InChI=1S/C24H26N2O3/c1-4-29-20-10-6-5-9-19(20)26-23(27)21(18-12-11-16(2)15-17(18)3)22(24(26)28)25-13-7-8-14-25/h5-6,9-12,15H,4,7-8,13-14H2,1-3H3. The van der Waals surface area contributed by atoms with Crippen molar-refractivity contribution in [2.75, 3.05) is 24.6 Å². The van der Waals surface area contributed by atoms with E-state index in [-0.39, 0.29) is 11.8 Å². The molecular weight excluding hydrogens is 364 g/mol. The zero-order valence-electron chi connectivity index (χ0n) is 17.2. The fourth-order valence-corrected chi connectivity index (χ4v) is 4.23. The third-order valence-electron chi connectivity index (χ3n) is 5.54. The van der Waals surface area contributed by atoms with Gasteiger partial charge in [-0.3, -0.25) is 9.59 Å². The molecule has 2 aliphatic rings. The number of aryl methyl sites for hydroxylation is 2. The predicted octanol–water partition coefficient (Wildman–Crippen LogP) is 4.08. The van der Waals surface area contributed by atoms with E-state index >= 15 is 0 Å². The zero-order chi connectivity index (χ0) is 20.5. The Balaban J connectivity index is 1.87. The molecule has 0 saturated carbocycles. The van der Waals surface area contributed by atoms with Crippen LogP contribution in [0, 0.1) is 13.8 Å². The number of anilines is 1. The van der Waals surface area contributed by atoms with Crippen molar-refractivity contribution in [2.24, 2.45) is 0 Å². The summed E-state index contributed by atoms with van der Waals surface area (Å²) in [4.78, 5) is 30.6. The number of amides is 2. The largest absolute Gasteiger partial charge is 0.492 e. The van der Waals surface area contributed by atoms with Gasteiger partial charge in [-0.2, -0.15) is 0 Å². The summed E-state index contributed by atoms with van der Waals surface area (Å²) in [5, 5.41) is 0. The Bertz CT molecular complexity index is 1000. The average Bonchev–Trinajstić information content (AvgIpc) is 3.30. The van der Waals surface area contributed by atoms with Crippen molar-refractivity contribution < 1.29 is 14.3 Å². The van der Waals surface area contributed by atoms with Crippen molar-refractivity contribution in [1.29, 1.82) is 0 Å². The first-order valence-corrected chi connectivity index (χ1v) is 10.2. The third kappa shape index (κ3) is 3.31. The summed E-state index contributed by atoms with van der Waals surface area (Å²) >= 11 is 0. The summed E-state index contributed by atoms with van der Waals surface area (Å²) in [7, 11) is 0. The second kappa shape index (κ2) is 7.74. The molecule has 0 spiro atoms. The van der Waals surface area contributed by atoms with Crippen LogP contribution in [0.25, 0.3) is 5.57 Å². The molecular formula is C24H26N2O3. The maximum atomic E-state index is 13.6. The van der Waals surface area contributed by atoms with Crippen LogP contribution >= 0.6 is 0 Å². The molecule has 0 aromatic heterocycles. The molecule has 0 aliphatic carbocycles. The molecule has 2 amide bonds. The van der Waals surface area contributed by atoms with Crippen molar-refractivity contribution >= 4 is 23.1 Å². The molecule has 0 radical (unpaired) electrons.